The summed E-state index contributed by atoms with van der Waals surface area (Å²) in [4.78, 5) is 33.7. The van der Waals surface area contributed by atoms with E-state index >= 15 is 0 Å². The number of phenolic OH excluding ortho intramolecular Hbond substituents is 1. The highest BCUT2D eigenvalue weighted by Crippen LogP contribution is 2.35. The number of hydrogen-bond acceptors (Lipinski definition) is 7. The van der Waals surface area contributed by atoms with Crippen molar-refractivity contribution in [2.45, 2.75) is 17.9 Å². The number of aromatic hydroxyl groups is 1. The molecule has 37 heavy (non-hydrogen) atoms. The summed E-state index contributed by atoms with van der Waals surface area (Å²) < 4.78 is 7.52. The summed E-state index contributed by atoms with van der Waals surface area (Å²) >= 11 is 2.87. The van der Waals surface area contributed by atoms with Gasteiger partial charge in [-0.05, 0) is 54.6 Å². The van der Waals surface area contributed by atoms with Gasteiger partial charge in [0, 0.05) is 10.5 Å². The topological polar surface area (TPSA) is 80.9 Å². The van der Waals surface area contributed by atoms with Crippen LogP contribution in [0.3, 0.4) is 0 Å². The van der Waals surface area contributed by atoms with Crippen LogP contribution in [0.4, 0.5) is 0 Å². The number of fused-ring (bicyclic) bond motifs is 1. The van der Waals surface area contributed by atoms with Gasteiger partial charge >= 0.3 is 5.97 Å². The maximum atomic E-state index is 13.8. The largest absolute Gasteiger partial charge is 0.508 e. The quantitative estimate of drug-likeness (QED) is 0.297. The second-order valence-electron chi connectivity index (χ2n) is 8.30. The molecule has 186 valence electrons. The monoisotopic (exact) mass is 528 g/mol. The van der Waals surface area contributed by atoms with Crippen LogP contribution in [0, 0.1) is 0 Å². The van der Waals surface area contributed by atoms with Crippen LogP contribution in [0.1, 0.15) is 29.7 Å². The lowest BCUT2D eigenvalue weighted by atomic mass is 9.93. The molecule has 1 N–H and O–H groups in total. The summed E-state index contributed by atoms with van der Waals surface area (Å²) in [7, 11) is 0. The van der Waals surface area contributed by atoms with Crippen molar-refractivity contribution in [1.29, 1.82) is 0 Å². The normalized spacial score (nSPS) is 15.3. The Kier molecular flexibility index (Phi) is 7.12. The smallest absolute Gasteiger partial charge is 0.338 e. The SMILES string of the molecule is CCOC(=O)C1=C(c2ccccc2)N=c2s/c(=C\c3cccc(O)c3)c(=O)n2[C@H]1c1ccc(SC)cc1. The van der Waals surface area contributed by atoms with E-state index in [9.17, 15) is 14.7 Å². The molecule has 3 aromatic carbocycles. The van der Waals surface area contributed by atoms with Crippen molar-refractivity contribution < 1.29 is 14.6 Å². The van der Waals surface area contributed by atoms with Crippen LogP contribution in [-0.2, 0) is 9.53 Å². The van der Waals surface area contributed by atoms with Gasteiger partial charge in [-0.25, -0.2) is 9.79 Å². The highest BCUT2D eigenvalue weighted by atomic mass is 32.2. The van der Waals surface area contributed by atoms with Gasteiger partial charge in [-0.15, -0.1) is 11.8 Å². The van der Waals surface area contributed by atoms with E-state index in [0.29, 0.717) is 26.2 Å². The number of rotatable bonds is 6. The summed E-state index contributed by atoms with van der Waals surface area (Å²) in [5.74, 6) is -0.393. The molecule has 0 fully saturated rings. The molecule has 0 radical (unpaired) electrons. The lowest BCUT2D eigenvalue weighted by molar-refractivity contribution is -0.138. The molecule has 6 nitrogen and oxygen atoms in total. The van der Waals surface area contributed by atoms with Gasteiger partial charge in [-0.2, -0.15) is 0 Å². The second-order valence-corrected chi connectivity index (χ2v) is 10.2. The second kappa shape index (κ2) is 10.6. The van der Waals surface area contributed by atoms with E-state index in [2.05, 4.69) is 0 Å². The number of nitrogens with zero attached hydrogens (tertiary/aromatic N) is 2. The van der Waals surface area contributed by atoms with Gasteiger partial charge in [0.25, 0.3) is 5.56 Å². The summed E-state index contributed by atoms with van der Waals surface area (Å²) in [5.41, 5.74) is 2.79. The van der Waals surface area contributed by atoms with Crippen molar-refractivity contribution >= 4 is 40.8 Å². The Labute approximate surface area is 221 Å². The minimum Gasteiger partial charge on any atom is -0.508 e. The first kappa shape index (κ1) is 24.8. The molecule has 0 saturated carbocycles. The number of hydrogen-bond donors (Lipinski definition) is 1. The molecule has 0 spiro atoms. The van der Waals surface area contributed by atoms with Crippen LogP contribution in [0.5, 0.6) is 5.75 Å². The number of thioether (sulfide) groups is 1. The predicted octanol–water partition coefficient (Wildman–Crippen LogP) is 4.36. The Morgan fingerprint density at radius 2 is 1.86 bits per heavy atom. The lowest BCUT2D eigenvalue weighted by Gasteiger charge is -2.26. The lowest BCUT2D eigenvalue weighted by Crippen LogP contribution is -2.40. The van der Waals surface area contributed by atoms with E-state index in [1.54, 1.807) is 47.5 Å². The van der Waals surface area contributed by atoms with Crippen LogP contribution in [-0.4, -0.2) is 28.5 Å². The van der Waals surface area contributed by atoms with E-state index in [1.807, 2.05) is 66.9 Å². The molecule has 1 aliphatic heterocycles. The molecule has 4 aromatic rings. The van der Waals surface area contributed by atoms with E-state index in [0.717, 1.165) is 16.0 Å². The van der Waals surface area contributed by atoms with Crippen LogP contribution in [0.2, 0.25) is 0 Å². The van der Waals surface area contributed by atoms with Gasteiger partial charge in [0.1, 0.15) is 5.75 Å². The van der Waals surface area contributed by atoms with E-state index in [4.69, 9.17) is 9.73 Å². The number of benzene rings is 3. The molecule has 0 aliphatic carbocycles. The number of thiazole rings is 1. The zero-order valence-electron chi connectivity index (χ0n) is 20.3. The van der Waals surface area contributed by atoms with E-state index in [1.165, 1.54) is 11.3 Å². The van der Waals surface area contributed by atoms with Crippen LogP contribution in [0.25, 0.3) is 11.8 Å². The molecule has 0 saturated heterocycles. The number of esters is 1. The molecule has 1 atom stereocenters. The maximum Gasteiger partial charge on any atom is 0.338 e. The highest BCUT2D eigenvalue weighted by molar-refractivity contribution is 7.98. The summed E-state index contributed by atoms with van der Waals surface area (Å²) in [6, 6.07) is 23.3. The van der Waals surface area contributed by atoms with Crippen LogP contribution in [0.15, 0.2) is 99.1 Å². The fourth-order valence-electron chi connectivity index (χ4n) is 4.31. The number of carbonyl (C=O) groups is 1. The molecular formula is C29H24N2O4S2. The van der Waals surface area contributed by atoms with Crippen LogP contribution >= 0.6 is 23.1 Å². The van der Waals surface area contributed by atoms with Crippen molar-refractivity contribution in [2.75, 3.05) is 12.9 Å². The van der Waals surface area contributed by atoms with Crippen molar-refractivity contribution in [3.63, 3.8) is 0 Å². The molecule has 0 unspecified atom stereocenters. The molecule has 2 heterocycles. The van der Waals surface area contributed by atoms with Crippen molar-refractivity contribution in [1.82, 2.24) is 4.57 Å². The average molecular weight is 529 g/mol. The highest BCUT2D eigenvalue weighted by Gasteiger charge is 2.35. The minimum absolute atomic E-state index is 0.115. The Morgan fingerprint density at radius 3 is 2.54 bits per heavy atom. The van der Waals surface area contributed by atoms with Gasteiger partial charge in [0.2, 0.25) is 0 Å². The molecule has 8 heteroatoms. The van der Waals surface area contributed by atoms with Gasteiger partial charge in [0.05, 0.1) is 28.5 Å². The molecule has 0 amide bonds. The third-order valence-electron chi connectivity index (χ3n) is 5.97. The van der Waals surface area contributed by atoms with Crippen LogP contribution < -0.4 is 14.9 Å². The fraction of sp³-hybridized carbons (Fsp3) is 0.138. The number of phenols is 1. The average Bonchev–Trinajstić information content (AvgIpc) is 3.22. The summed E-state index contributed by atoms with van der Waals surface area (Å²) in [5, 5.41) is 9.88. The van der Waals surface area contributed by atoms with Gasteiger partial charge in [0.15, 0.2) is 4.80 Å². The Bertz CT molecular complexity index is 1670. The van der Waals surface area contributed by atoms with Crippen molar-refractivity contribution in [2.24, 2.45) is 4.99 Å². The summed E-state index contributed by atoms with van der Waals surface area (Å²) in [6.45, 7) is 1.96. The Morgan fingerprint density at radius 1 is 1.11 bits per heavy atom. The molecule has 1 aliphatic rings. The third-order valence-corrected chi connectivity index (χ3v) is 7.70. The number of aromatic nitrogens is 1. The minimum atomic E-state index is -0.715. The zero-order chi connectivity index (χ0) is 25.9. The third kappa shape index (κ3) is 4.90. The fourth-order valence-corrected chi connectivity index (χ4v) is 5.72. The summed E-state index contributed by atoms with van der Waals surface area (Å²) in [6.07, 6.45) is 3.73. The predicted molar refractivity (Wildman–Crippen MR) is 147 cm³/mol. The number of ether oxygens (including phenoxy) is 1. The maximum absolute atomic E-state index is 13.8. The van der Waals surface area contributed by atoms with Crippen molar-refractivity contribution in [3.8, 4) is 5.75 Å². The molecule has 5 rings (SSSR count). The van der Waals surface area contributed by atoms with Gasteiger partial charge < -0.3 is 9.84 Å². The van der Waals surface area contributed by atoms with E-state index < -0.39 is 12.0 Å². The first-order valence-corrected chi connectivity index (χ1v) is 13.8. The standard InChI is InChI=1S/C29H24N2O4S2/c1-3-35-28(34)24-25(19-9-5-4-6-10-19)30-29-31(26(24)20-12-14-22(36-2)15-13-20)27(33)23(37-29)17-18-8-7-11-21(32)16-18/h4-17,26,32H,3H2,1-2H3/b23-17-/t26-/m0/s1. The Hall–Kier alpha value is -3.88. The number of carbonyl (C=O) groups excluding carboxylic acids is 1. The first-order valence-electron chi connectivity index (χ1n) is 11.7. The Balaban J connectivity index is 1.82. The molecule has 0 bridgehead atoms. The molecule has 1 aromatic heterocycles. The van der Waals surface area contributed by atoms with Gasteiger partial charge in [-0.1, -0.05) is 65.9 Å². The van der Waals surface area contributed by atoms with E-state index in [-0.39, 0.29) is 17.9 Å². The molecular weight excluding hydrogens is 504 g/mol. The first-order chi connectivity index (χ1) is 18.0. The zero-order valence-corrected chi connectivity index (χ0v) is 21.9. The van der Waals surface area contributed by atoms with Gasteiger partial charge in [-0.3, -0.25) is 9.36 Å². The van der Waals surface area contributed by atoms with Crippen molar-refractivity contribution in [3.05, 3.63) is 121 Å².